The third-order valence-corrected chi connectivity index (χ3v) is 5.98. The molecule has 0 aromatic heterocycles. The van der Waals surface area contributed by atoms with Crippen LogP contribution >= 0.6 is 23.2 Å². The summed E-state index contributed by atoms with van der Waals surface area (Å²) in [6.45, 7) is 0.538. The number of amides is 2. The highest BCUT2D eigenvalue weighted by Crippen LogP contribution is 2.46. The Morgan fingerprint density at radius 2 is 2.06 bits per heavy atom. The number of aliphatic hydroxyl groups is 1. The van der Waals surface area contributed by atoms with Gasteiger partial charge in [0.15, 0.2) is 17.3 Å². The van der Waals surface area contributed by atoms with E-state index in [0.29, 0.717) is 32.7 Å². The summed E-state index contributed by atoms with van der Waals surface area (Å²) in [6, 6.07) is 9.31. The second kappa shape index (κ2) is 9.28. The van der Waals surface area contributed by atoms with Crippen molar-refractivity contribution in [1.82, 2.24) is 10.2 Å². The van der Waals surface area contributed by atoms with E-state index >= 15 is 0 Å². The average molecular weight is 479 g/mol. The van der Waals surface area contributed by atoms with Crippen molar-refractivity contribution in [1.29, 1.82) is 0 Å². The number of hydrogen-bond donors (Lipinski definition) is 2. The van der Waals surface area contributed by atoms with Crippen LogP contribution < -0.4 is 14.8 Å². The number of methoxy groups -OCH3 is 1. The number of fused-ring (bicyclic) bond motifs is 1. The molecule has 1 atom stereocenters. The van der Waals surface area contributed by atoms with E-state index in [1.807, 2.05) is 0 Å². The summed E-state index contributed by atoms with van der Waals surface area (Å²) in [4.78, 5) is 27.4. The van der Waals surface area contributed by atoms with Crippen LogP contribution in [0.5, 0.6) is 11.5 Å². The number of aliphatic hydroxyl groups excluding tert-OH is 1. The zero-order chi connectivity index (χ0) is 22.8. The Morgan fingerprint density at radius 3 is 2.81 bits per heavy atom. The Labute approximate surface area is 194 Å². The summed E-state index contributed by atoms with van der Waals surface area (Å²) in [5.41, 5.74) is 1.17. The number of hydrogen-bond acceptors (Lipinski definition) is 6. The minimum Gasteiger partial charge on any atom is -0.503 e. The predicted molar refractivity (Wildman–Crippen MR) is 117 cm³/mol. The molecule has 168 valence electrons. The summed E-state index contributed by atoms with van der Waals surface area (Å²) in [7, 11) is 1.50. The molecule has 2 aliphatic heterocycles. The lowest BCUT2D eigenvalue weighted by Crippen LogP contribution is -2.35. The van der Waals surface area contributed by atoms with E-state index in [2.05, 4.69) is 5.32 Å². The Bertz CT molecular complexity index is 1100. The SMILES string of the molecule is COCCN1C(=O)C(O)=C(C(=O)NCc2ccc(Cl)c(Cl)c2)C1c1cccc2c1OCO2. The third-order valence-electron chi connectivity index (χ3n) is 5.24. The topological polar surface area (TPSA) is 97.3 Å². The van der Waals surface area contributed by atoms with Crippen LogP contribution in [-0.2, 0) is 20.9 Å². The van der Waals surface area contributed by atoms with Crippen molar-refractivity contribution in [3.63, 3.8) is 0 Å². The van der Waals surface area contributed by atoms with Crippen LogP contribution in [0.25, 0.3) is 0 Å². The Hall–Kier alpha value is -2.94. The molecule has 2 aliphatic rings. The summed E-state index contributed by atoms with van der Waals surface area (Å²) in [6.07, 6.45) is 0. The molecular weight excluding hydrogens is 459 g/mol. The highest BCUT2D eigenvalue weighted by Gasteiger charge is 2.45. The molecule has 2 amide bonds. The molecule has 0 fully saturated rings. The number of halogens is 2. The highest BCUT2D eigenvalue weighted by molar-refractivity contribution is 6.42. The van der Waals surface area contributed by atoms with Crippen LogP contribution in [0, 0.1) is 0 Å². The lowest BCUT2D eigenvalue weighted by molar-refractivity contribution is -0.130. The largest absolute Gasteiger partial charge is 0.503 e. The molecule has 0 saturated heterocycles. The van der Waals surface area contributed by atoms with Crippen LogP contribution in [0.2, 0.25) is 10.0 Å². The monoisotopic (exact) mass is 478 g/mol. The minimum atomic E-state index is -0.872. The molecule has 0 spiro atoms. The van der Waals surface area contributed by atoms with E-state index in [1.165, 1.54) is 12.0 Å². The molecule has 8 nitrogen and oxygen atoms in total. The van der Waals surface area contributed by atoms with Gasteiger partial charge in [0, 0.05) is 25.8 Å². The molecule has 2 aromatic carbocycles. The van der Waals surface area contributed by atoms with Crippen molar-refractivity contribution in [2.75, 3.05) is 27.1 Å². The maximum Gasteiger partial charge on any atom is 0.290 e. The molecule has 1 unspecified atom stereocenters. The molecule has 0 bridgehead atoms. The maximum atomic E-state index is 13.2. The molecular formula is C22H20Cl2N2O6. The van der Waals surface area contributed by atoms with Crippen LogP contribution in [-0.4, -0.2) is 48.9 Å². The van der Waals surface area contributed by atoms with Gasteiger partial charge in [-0.1, -0.05) is 41.4 Å². The maximum absolute atomic E-state index is 13.2. The van der Waals surface area contributed by atoms with Gasteiger partial charge in [-0.3, -0.25) is 9.59 Å². The van der Waals surface area contributed by atoms with Crippen LogP contribution in [0.4, 0.5) is 0 Å². The van der Waals surface area contributed by atoms with Gasteiger partial charge in [0.2, 0.25) is 6.79 Å². The van der Waals surface area contributed by atoms with Crippen molar-refractivity contribution in [3.8, 4) is 11.5 Å². The first-order valence-corrected chi connectivity index (χ1v) is 10.5. The van der Waals surface area contributed by atoms with E-state index in [4.69, 9.17) is 37.4 Å². The van der Waals surface area contributed by atoms with Gasteiger partial charge >= 0.3 is 0 Å². The molecule has 10 heteroatoms. The quantitative estimate of drug-likeness (QED) is 0.632. The normalized spacial score (nSPS) is 17.3. The number of benzene rings is 2. The lowest BCUT2D eigenvalue weighted by Gasteiger charge is -2.27. The third kappa shape index (κ3) is 4.09. The average Bonchev–Trinajstić information content (AvgIpc) is 3.36. The first kappa shape index (κ1) is 22.3. The van der Waals surface area contributed by atoms with Crippen LogP contribution in [0.3, 0.4) is 0 Å². The highest BCUT2D eigenvalue weighted by atomic mass is 35.5. The minimum absolute atomic E-state index is 0.0274. The number of nitrogens with zero attached hydrogens (tertiary/aromatic N) is 1. The van der Waals surface area contributed by atoms with Gasteiger partial charge in [-0.15, -0.1) is 0 Å². The predicted octanol–water partition coefficient (Wildman–Crippen LogP) is 3.38. The van der Waals surface area contributed by atoms with E-state index in [-0.39, 0.29) is 32.1 Å². The number of ether oxygens (including phenoxy) is 3. The standard InChI is InChI=1S/C22H20Cl2N2O6/c1-30-8-7-26-18(13-3-2-4-16-20(13)32-11-31-16)17(19(27)22(26)29)21(28)25-10-12-5-6-14(23)15(24)9-12/h2-6,9,18,27H,7-8,10-11H2,1H3,(H,25,28). The fourth-order valence-corrected chi connectivity index (χ4v) is 4.05. The first-order chi connectivity index (χ1) is 15.4. The molecule has 2 aromatic rings. The van der Waals surface area contributed by atoms with Gasteiger partial charge in [-0.25, -0.2) is 0 Å². The molecule has 2 heterocycles. The van der Waals surface area contributed by atoms with E-state index in [0.717, 1.165) is 0 Å². The Balaban J connectivity index is 1.66. The smallest absolute Gasteiger partial charge is 0.290 e. The van der Waals surface area contributed by atoms with Crippen LogP contribution in [0.1, 0.15) is 17.2 Å². The molecule has 2 N–H and O–H groups in total. The number of nitrogens with one attached hydrogen (secondary N) is 1. The van der Waals surface area contributed by atoms with Gasteiger partial charge in [0.1, 0.15) is 0 Å². The van der Waals surface area contributed by atoms with Crippen molar-refractivity contribution >= 4 is 35.0 Å². The molecule has 0 radical (unpaired) electrons. The van der Waals surface area contributed by atoms with E-state index in [1.54, 1.807) is 36.4 Å². The molecule has 4 rings (SSSR count). The fraction of sp³-hybridized carbons (Fsp3) is 0.273. The van der Waals surface area contributed by atoms with Crippen molar-refractivity contribution < 1.29 is 28.9 Å². The van der Waals surface area contributed by atoms with Gasteiger partial charge in [-0.05, 0) is 23.8 Å². The number of carbonyl (C=O) groups is 2. The van der Waals surface area contributed by atoms with Crippen LogP contribution in [0.15, 0.2) is 47.7 Å². The van der Waals surface area contributed by atoms with Crippen molar-refractivity contribution in [2.24, 2.45) is 0 Å². The van der Waals surface area contributed by atoms with Gasteiger partial charge in [0.25, 0.3) is 11.8 Å². The molecule has 32 heavy (non-hydrogen) atoms. The molecule has 0 saturated carbocycles. The first-order valence-electron chi connectivity index (χ1n) is 9.76. The number of rotatable bonds is 7. The Morgan fingerprint density at radius 1 is 1.25 bits per heavy atom. The van der Waals surface area contributed by atoms with Crippen molar-refractivity contribution in [3.05, 3.63) is 68.9 Å². The Kier molecular flexibility index (Phi) is 6.45. The van der Waals surface area contributed by atoms with Gasteiger partial charge < -0.3 is 29.5 Å². The summed E-state index contributed by atoms with van der Waals surface area (Å²) in [5.74, 6) is -0.943. The zero-order valence-corrected chi connectivity index (χ0v) is 18.6. The second-order valence-electron chi connectivity index (χ2n) is 7.17. The fourth-order valence-electron chi connectivity index (χ4n) is 3.72. The number of para-hydroxylation sites is 1. The zero-order valence-electron chi connectivity index (χ0n) is 17.1. The lowest BCUT2D eigenvalue weighted by atomic mass is 9.97. The summed E-state index contributed by atoms with van der Waals surface area (Å²) >= 11 is 12.0. The van der Waals surface area contributed by atoms with Gasteiger partial charge in [0.05, 0.1) is 28.3 Å². The summed E-state index contributed by atoms with van der Waals surface area (Å²) < 4.78 is 16.1. The number of carbonyl (C=O) groups excluding carboxylic acids is 2. The van der Waals surface area contributed by atoms with E-state index < -0.39 is 23.6 Å². The molecule has 0 aliphatic carbocycles. The van der Waals surface area contributed by atoms with Gasteiger partial charge in [-0.2, -0.15) is 0 Å². The second-order valence-corrected chi connectivity index (χ2v) is 7.98. The van der Waals surface area contributed by atoms with E-state index in [9.17, 15) is 14.7 Å². The van der Waals surface area contributed by atoms with Crippen molar-refractivity contribution in [2.45, 2.75) is 12.6 Å². The summed E-state index contributed by atoms with van der Waals surface area (Å²) in [5, 5.41) is 14.1.